The molecule has 8 heteroatoms. The highest BCUT2D eigenvalue weighted by atomic mass is 127. The van der Waals surface area contributed by atoms with E-state index in [2.05, 4.69) is 34.3 Å². The summed E-state index contributed by atoms with van der Waals surface area (Å²) in [5.41, 5.74) is -0.467. The molecule has 1 amide bonds. The molecule has 2 heterocycles. The van der Waals surface area contributed by atoms with E-state index in [0.717, 1.165) is 51.6 Å². The average molecular weight is 509 g/mol. The number of nitrogens with zero attached hydrogens (tertiary/aromatic N) is 3. The number of hydrogen-bond donors (Lipinski definition) is 2. The van der Waals surface area contributed by atoms with E-state index in [9.17, 15) is 4.79 Å². The summed E-state index contributed by atoms with van der Waals surface area (Å²) in [6, 6.07) is 0.106. The summed E-state index contributed by atoms with van der Waals surface area (Å²) in [7, 11) is 0. The van der Waals surface area contributed by atoms with Crippen LogP contribution in [-0.2, 0) is 4.74 Å². The quantitative estimate of drug-likeness (QED) is 0.339. The molecule has 2 unspecified atom stereocenters. The van der Waals surface area contributed by atoms with Crippen LogP contribution in [0.2, 0.25) is 0 Å². The van der Waals surface area contributed by atoms with Crippen LogP contribution in [0.4, 0.5) is 4.79 Å². The first-order chi connectivity index (χ1) is 12.8. The Labute approximate surface area is 188 Å². The number of amides is 1. The third kappa shape index (κ3) is 8.71. The van der Waals surface area contributed by atoms with Crippen molar-refractivity contribution >= 4 is 36.0 Å². The van der Waals surface area contributed by atoms with E-state index >= 15 is 0 Å². The monoisotopic (exact) mass is 509 g/mol. The molecule has 2 saturated heterocycles. The van der Waals surface area contributed by atoms with Crippen LogP contribution < -0.4 is 10.6 Å². The van der Waals surface area contributed by atoms with Gasteiger partial charge in [-0.25, -0.2) is 4.79 Å². The van der Waals surface area contributed by atoms with E-state index in [0.29, 0.717) is 5.92 Å². The van der Waals surface area contributed by atoms with E-state index in [1.807, 2.05) is 20.8 Å². The lowest BCUT2D eigenvalue weighted by Gasteiger charge is -2.31. The van der Waals surface area contributed by atoms with E-state index in [-0.39, 0.29) is 36.1 Å². The minimum Gasteiger partial charge on any atom is -0.444 e. The molecule has 28 heavy (non-hydrogen) atoms. The van der Waals surface area contributed by atoms with Crippen molar-refractivity contribution in [1.82, 2.24) is 20.4 Å². The SMILES string of the molecule is CCNC(=NCC1CCCN(CC)C1)N1CCC(NC(=O)OC(C)(C)C)C1.I. The molecule has 0 radical (unpaired) electrons. The van der Waals surface area contributed by atoms with Gasteiger partial charge >= 0.3 is 6.09 Å². The van der Waals surface area contributed by atoms with Gasteiger partial charge in [-0.15, -0.1) is 24.0 Å². The molecule has 164 valence electrons. The van der Waals surface area contributed by atoms with Gasteiger partial charge in [0.2, 0.25) is 0 Å². The van der Waals surface area contributed by atoms with Crippen LogP contribution in [0.3, 0.4) is 0 Å². The van der Waals surface area contributed by atoms with Gasteiger partial charge in [-0.1, -0.05) is 6.92 Å². The van der Waals surface area contributed by atoms with Crippen molar-refractivity contribution < 1.29 is 9.53 Å². The number of halogens is 1. The molecular weight excluding hydrogens is 469 g/mol. The van der Waals surface area contributed by atoms with Gasteiger partial charge in [-0.05, 0) is 66.0 Å². The zero-order valence-electron chi connectivity index (χ0n) is 18.3. The van der Waals surface area contributed by atoms with Crippen LogP contribution in [0.5, 0.6) is 0 Å². The minimum absolute atomic E-state index is 0. The maximum absolute atomic E-state index is 12.0. The van der Waals surface area contributed by atoms with Gasteiger partial charge in [0.25, 0.3) is 0 Å². The predicted molar refractivity (Wildman–Crippen MR) is 126 cm³/mol. The number of nitrogens with one attached hydrogen (secondary N) is 2. The van der Waals surface area contributed by atoms with Crippen molar-refractivity contribution in [1.29, 1.82) is 0 Å². The minimum atomic E-state index is -0.467. The lowest BCUT2D eigenvalue weighted by molar-refractivity contribution is 0.0507. The maximum Gasteiger partial charge on any atom is 0.407 e. The molecule has 2 aliphatic rings. The summed E-state index contributed by atoms with van der Waals surface area (Å²) in [5.74, 6) is 1.62. The first kappa shape index (κ1) is 25.3. The Morgan fingerprint density at radius 3 is 2.57 bits per heavy atom. The van der Waals surface area contributed by atoms with Crippen LogP contribution in [0.1, 0.15) is 53.9 Å². The molecule has 0 aromatic rings. The van der Waals surface area contributed by atoms with Gasteiger partial charge in [0.05, 0.1) is 6.04 Å². The Bertz CT molecular complexity index is 509. The Morgan fingerprint density at radius 1 is 1.18 bits per heavy atom. The highest BCUT2D eigenvalue weighted by Crippen LogP contribution is 2.17. The molecule has 2 N–H and O–H groups in total. The summed E-state index contributed by atoms with van der Waals surface area (Å²) < 4.78 is 5.37. The van der Waals surface area contributed by atoms with Gasteiger partial charge in [-0.3, -0.25) is 4.99 Å². The van der Waals surface area contributed by atoms with Crippen molar-refractivity contribution in [3.8, 4) is 0 Å². The summed E-state index contributed by atoms with van der Waals surface area (Å²) in [6.07, 6.45) is 3.12. The number of carbonyl (C=O) groups is 1. The number of carbonyl (C=O) groups excluding carboxylic acids is 1. The second-order valence-electron chi connectivity index (χ2n) is 8.67. The van der Waals surface area contributed by atoms with E-state index in [1.54, 1.807) is 0 Å². The molecule has 0 aromatic carbocycles. The average Bonchev–Trinajstić information content (AvgIpc) is 3.05. The lowest BCUT2D eigenvalue weighted by Crippen LogP contribution is -2.44. The summed E-state index contributed by atoms with van der Waals surface area (Å²) >= 11 is 0. The van der Waals surface area contributed by atoms with Gasteiger partial charge in [0.1, 0.15) is 5.60 Å². The van der Waals surface area contributed by atoms with E-state index in [4.69, 9.17) is 9.73 Å². The van der Waals surface area contributed by atoms with Crippen LogP contribution >= 0.6 is 24.0 Å². The highest BCUT2D eigenvalue weighted by Gasteiger charge is 2.28. The van der Waals surface area contributed by atoms with Crippen LogP contribution in [0.25, 0.3) is 0 Å². The molecule has 0 bridgehead atoms. The smallest absolute Gasteiger partial charge is 0.407 e. The van der Waals surface area contributed by atoms with Crippen LogP contribution in [0, 0.1) is 5.92 Å². The first-order valence-corrected chi connectivity index (χ1v) is 10.6. The Morgan fingerprint density at radius 2 is 1.93 bits per heavy atom. The zero-order chi connectivity index (χ0) is 19.9. The number of alkyl carbamates (subject to hydrolysis) is 1. The highest BCUT2D eigenvalue weighted by molar-refractivity contribution is 14.0. The fourth-order valence-corrected chi connectivity index (χ4v) is 3.77. The molecule has 2 rings (SSSR count). The zero-order valence-corrected chi connectivity index (χ0v) is 20.6. The largest absolute Gasteiger partial charge is 0.444 e. The Balaban J connectivity index is 0.00000392. The molecule has 7 nitrogen and oxygen atoms in total. The predicted octanol–water partition coefficient (Wildman–Crippen LogP) is 2.90. The van der Waals surface area contributed by atoms with Gasteiger partial charge in [-0.2, -0.15) is 0 Å². The lowest BCUT2D eigenvalue weighted by atomic mass is 9.98. The maximum atomic E-state index is 12.0. The molecule has 2 fully saturated rings. The topological polar surface area (TPSA) is 69.2 Å². The second-order valence-corrected chi connectivity index (χ2v) is 8.67. The van der Waals surface area contributed by atoms with E-state index < -0.39 is 5.60 Å². The number of ether oxygens (including phenoxy) is 1. The third-order valence-corrected chi connectivity index (χ3v) is 5.09. The Kier molecular flexibility index (Phi) is 10.9. The number of aliphatic imine (C=N–C) groups is 1. The molecule has 0 aromatic heterocycles. The molecule has 0 saturated carbocycles. The second kappa shape index (κ2) is 12.0. The fraction of sp³-hybridized carbons (Fsp3) is 0.900. The van der Waals surface area contributed by atoms with Gasteiger partial charge < -0.3 is 25.2 Å². The van der Waals surface area contributed by atoms with Crippen molar-refractivity contribution in [2.75, 3.05) is 45.8 Å². The number of likely N-dealkylation sites (tertiary alicyclic amines) is 2. The van der Waals surface area contributed by atoms with Crippen molar-refractivity contribution in [2.45, 2.75) is 65.5 Å². The van der Waals surface area contributed by atoms with Crippen molar-refractivity contribution in [3.05, 3.63) is 0 Å². The molecule has 0 aliphatic carbocycles. The van der Waals surface area contributed by atoms with E-state index in [1.165, 1.54) is 19.4 Å². The van der Waals surface area contributed by atoms with Crippen molar-refractivity contribution in [3.63, 3.8) is 0 Å². The number of hydrogen-bond acceptors (Lipinski definition) is 4. The summed E-state index contributed by atoms with van der Waals surface area (Å²) in [6.45, 7) is 16.9. The summed E-state index contributed by atoms with van der Waals surface area (Å²) in [5, 5.41) is 6.41. The molecule has 2 aliphatic heterocycles. The normalized spacial score (nSPS) is 23.9. The number of piperidine rings is 1. The van der Waals surface area contributed by atoms with Crippen LogP contribution in [-0.4, -0.2) is 79.3 Å². The standard InChI is InChI=1S/C20H39N5O2.HI/c1-6-21-18(22-13-16-9-8-11-24(7-2)14-16)25-12-10-17(15-25)23-19(26)27-20(3,4)5;/h16-17H,6-15H2,1-5H3,(H,21,22)(H,23,26);1H. The van der Waals surface area contributed by atoms with Gasteiger partial charge in [0.15, 0.2) is 5.96 Å². The van der Waals surface area contributed by atoms with Crippen LogP contribution in [0.15, 0.2) is 4.99 Å². The molecule has 0 spiro atoms. The molecule has 2 atom stereocenters. The Hall–Kier alpha value is -0.770. The first-order valence-electron chi connectivity index (χ1n) is 10.6. The molecular formula is C20H40IN5O2. The van der Waals surface area contributed by atoms with Crippen molar-refractivity contribution in [2.24, 2.45) is 10.9 Å². The van der Waals surface area contributed by atoms with Gasteiger partial charge in [0, 0.05) is 32.7 Å². The third-order valence-electron chi connectivity index (χ3n) is 5.09. The summed E-state index contributed by atoms with van der Waals surface area (Å²) in [4.78, 5) is 21.7. The number of rotatable bonds is 5. The fourth-order valence-electron chi connectivity index (χ4n) is 3.77. The number of guanidine groups is 1.